The number of hydrogen-bond donors (Lipinski definition) is 0. The molecule has 1 fully saturated rings. The molecule has 114 valence electrons. The molecule has 0 spiro atoms. The molecular formula is C17H24N2O2. The molecule has 0 bridgehead atoms. The Kier molecular flexibility index (Phi) is 4.66. The zero-order valence-corrected chi connectivity index (χ0v) is 13.3. The molecule has 1 aromatic carbocycles. The van der Waals surface area contributed by atoms with Gasteiger partial charge in [-0.1, -0.05) is 13.0 Å². The lowest BCUT2D eigenvalue weighted by Crippen LogP contribution is -2.48. The van der Waals surface area contributed by atoms with Gasteiger partial charge in [0.1, 0.15) is 6.04 Å². The van der Waals surface area contributed by atoms with Gasteiger partial charge in [0.25, 0.3) is 0 Å². The van der Waals surface area contributed by atoms with E-state index in [9.17, 15) is 9.59 Å². The monoisotopic (exact) mass is 288 g/mol. The lowest BCUT2D eigenvalue weighted by atomic mass is 10.1. The number of benzene rings is 1. The molecule has 2 rings (SSSR count). The third kappa shape index (κ3) is 3.26. The van der Waals surface area contributed by atoms with Crippen molar-refractivity contribution < 1.29 is 9.59 Å². The first kappa shape index (κ1) is 15.5. The minimum atomic E-state index is -0.342. The minimum absolute atomic E-state index is 0.00208. The highest BCUT2D eigenvalue weighted by atomic mass is 16.2. The summed E-state index contributed by atoms with van der Waals surface area (Å²) in [7, 11) is 1.79. The molecule has 2 amide bonds. The number of nitrogens with zero attached hydrogens (tertiary/aromatic N) is 2. The van der Waals surface area contributed by atoms with Crippen molar-refractivity contribution in [3.05, 3.63) is 29.3 Å². The summed E-state index contributed by atoms with van der Waals surface area (Å²) < 4.78 is 0. The van der Waals surface area contributed by atoms with E-state index in [1.54, 1.807) is 16.8 Å². The summed E-state index contributed by atoms with van der Waals surface area (Å²) >= 11 is 0. The number of amides is 2. The zero-order chi connectivity index (χ0) is 15.6. The third-order valence-electron chi connectivity index (χ3n) is 4.08. The quantitative estimate of drug-likeness (QED) is 0.854. The summed E-state index contributed by atoms with van der Waals surface area (Å²) in [5, 5.41) is 0. The Morgan fingerprint density at radius 3 is 2.38 bits per heavy atom. The second-order valence-electron chi connectivity index (χ2n) is 5.86. The topological polar surface area (TPSA) is 40.6 Å². The Morgan fingerprint density at radius 1 is 1.29 bits per heavy atom. The Morgan fingerprint density at radius 2 is 1.90 bits per heavy atom. The summed E-state index contributed by atoms with van der Waals surface area (Å²) in [5.41, 5.74) is 3.16. The Bertz CT molecular complexity index is 533. The smallest absolute Gasteiger partial charge is 0.249 e. The Labute approximate surface area is 126 Å². The molecule has 0 unspecified atom stereocenters. The SMILES string of the molecule is CC[C@H](C(=O)N(C)c1cc(C)cc(C)c1)N1CCCC1=O. The maximum Gasteiger partial charge on any atom is 0.249 e. The van der Waals surface area contributed by atoms with Crippen molar-refractivity contribution >= 4 is 17.5 Å². The fourth-order valence-electron chi connectivity index (χ4n) is 3.02. The highest BCUT2D eigenvalue weighted by Gasteiger charge is 2.33. The average molecular weight is 288 g/mol. The van der Waals surface area contributed by atoms with Crippen molar-refractivity contribution in [3.8, 4) is 0 Å². The molecule has 4 nitrogen and oxygen atoms in total. The van der Waals surface area contributed by atoms with Crippen LogP contribution in [0.3, 0.4) is 0 Å². The van der Waals surface area contributed by atoms with E-state index in [0.29, 0.717) is 19.4 Å². The van der Waals surface area contributed by atoms with Crippen LogP contribution in [0.4, 0.5) is 5.69 Å². The third-order valence-corrected chi connectivity index (χ3v) is 4.08. The van der Waals surface area contributed by atoms with Crippen molar-refractivity contribution in [2.24, 2.45) is 0 Å². The van der Waals surface area contributed by atoms with Crippen molar-refractivity contribution in [1.82, 2.24) is 4.90 Å². The van der Waals surface area contributed by atoms with Crippen LogP contribution < -0.4 is 4.90 Å². The van der Waals surface area contributed by atoms with E-state index in [1.807, 2.05) is 32.9 Å². The van der Waals surface area contributed by atoms with Crippen LogP contribution in [0.15, 0.2) is 18.2 Å². The number of likely N-dealkylation sites (tertiary alicyclic amines) is 1. The van der Waals surface area contributed by atoms with Crippen LogP contribution in [-0.2, 0) is 9.59 Å². The van der Waals surface area contributed by atoms with Gasteiger partial charge in [-0.25, -0.2) is 0 Å². The van der Waals surface area contributed by atoms with Gasteiger partial charge in [-0.3, -0.25) is 9.59 Å². The Hall–Kier alpha value is -1.84. The number of hydrogen-bond acceptors (Lipinski definition) is 2. The van der Waals surface area contributed by atoms with Gasteiger partial charge in [0.2, 0.25) is 11.8 Å². The van der Waals surface area contributed by atoms with Crippen LogP contribution in [0.2, 0.25) is 0 Å². The van der Waals surface area contributed by atoms with E-state index in [0.717, 1.165) is 23.2 Å². The van der Waals surface area contributed by atoms with E-state index < -0.39 is 0 Å². The molecule has 0 radical (unpaired) electrons. The van der Waals surface area contributed by atoms with E-state index >= 15 is 0 Å². The molecule has 4 heteroatoms. The van der Waals surface area contributed by atoms with Crippen molar-refractivity contribution in [2.45, 2.75) is 46.1 Å². The van der Waals surface area contributed by atoms with Gasteiger partial charge in [-0.2, -0.15) is 0 Å². The average Bonchev–Trinajstić information content (AvgIpc) is 2.84. The lowest BCUT2D eigenvalue weighted by Gasteiger charge is -2.30. The molecule has 1 aliphatic heterocycles. The zero-order valence-electron chi connectivity index (χ0n) is 13.3. The summed E-state index contributed by atoms with van der Waals surface area (Å²) in [6.45, 7) is 6.71. The fourth-order valence-corrected chi connectivity index (χ4v) is 3.02. The number of aryl methyl sites for hydroxylation is 2. The number of likely N-dealkylation sites (N-methyl/N-ethyl adjacent to an activating group) is 1. The molecule has 1 saturated heterocycles. The largest absolute Gasteiger partial charge is 0.331 e. The van der Waals surface area contributed by atoms with E-state index in [4.69, 9.17) is 0 Å². The summed E-state index contributed by atoms with van der Waals surface area (Å²) in [6.07, 6.45) is 2.08. The van der Waals surface area contributed by atoms with Gasteiger partial charge >= 0.3 is 0 Å². The second kappa shape index (κ2) is 6.29. The molecule has 1 heterocycles. The maximum atomic E-state index is 12.8. The number of rotatable bonds is 4. The highest BCUT2D eigenvalue weighted by Crippen LogP contribution is 2.22. The highest BCUT2D eigenvalue weighted by molar-refractivity contribution is 5.99. The van der Waals surface area contributed by atoms with Gasteiger partial charge in [0, 0.05) is 25.7 Å². The lowest BCUT2D eigenvalue weighted by molar-refractivity contribution is -0.136. The molecule has 21 heavy (non-hydrogen) atoms. The number of carbonyl (C=O) groups is 2. The van der Waals surface area contributed by atoms with E-state index in [1.165, 1.54) is 0 Å². The number of carbonyl (C=O) groups excluding carboxylic acids is 2. The predicted octanol–water partition coefficient (Wildman–Crippen LogP) is 2.67. The van der Waals surface area contributed by atoms with Crippen molar-refractivity contribution in [3.63, 3.8) is 0 Å². The van der Waals surface area contributed by atoms with Crippen LogP contribution in [-0.4, -0.2) is 36.3 Å². The fraction of sp³-hybridized carbons (Fsp3) is 0.529. The first-order chi connectivity index (χ1) is 9.93. The molecular weight excluding hydrogens is 264 g/mol. The first-order valence-corrected chi connectivity index (χ1v) is 7.59. The van der Waals surface area contributed by atoms with Crippen molar-refractivity contribution in [2.75, 3.05) is 18.5 Å². The molecule has 0 N–H and O–H groups in total. The van der Waals surface area contributed by atoms with Gasteiger partial charge in [-0.05, 0) is 49.9 Å². The van der Waals surface area contributed by atoms with E-state index in [2.05, 4.69) is 6.07 Å². The van der Waals surface area contributed by atoms with Crippen LogP contribution in [0.5, 0.6) is 0 Å². The standard InChI is InChI=1S/C17H24N2O2/c1-5-15(19-8-6-7-16(19)20)17(21)18(4)14-10-12(2)9-13(3)11-14/h9-11,15H,5-8H2,1-4H3/t15-/m1/s1. The molecule has 0 saturated carbocycles. The molecule has 0 aromatic heterocycles. The summed E-state index contributed by atoms with van der Waals surface area (Å²) in [5.74, 6) is 0.0989. The molecule has 0 aliphatic carbocycles. The van der Waals surface area contributed by atoms with Crippen LogP contribution in [0.25, 0.3) is 0 Å². The van der Waals surface area contributed by atoms with Gasteiger partial charge in [-0.15, -0.1) is 0 Å². The predicted molar refractivity (Wildman–Crippen MR) is 84.4 cm³/mol. The van der Waals surface area contributed by atoms with E-state index in [-0.39, 0.29) is 17.9 Å². The molecule has 1 aromatic rings. The molecule has 1 aliphatic rings. The van der Waals surface area contributed by atoms with Gasteiger partial charge in [0.05, 0.1) is 0 Å². The van der Waals surface area contributed by atoms with Gasteiger partial charge in [0.15, 0.2) is 0 Å². The maximum absolute atomic E-state index is 12.8. The van der Waals surface area contributed by atoms with Crippen molar-refractivity contribution in [1.29, 1.82) is 0 Å². The van der Waals surface area contributed by atoms with Crippen LogP contribution in [0.1, 0.15) is 37.3 Å². The summed E-state index contributed by atoms with van der Waals surface area (Å²) in [4.78, 5) is 28.1. The van der Waals surface area contributed by atoms with Crippen LogP contribution >= 0.6 is 0 Å². The second-order valence-corrected chi connectivity index (χ2v) is 5.86. The summed E-state index contributed by atoms with van der Waals surface area (Å²) in [6, 6.07) is 5.75. The number of anilines is 1. The normalized spacial score (nSPS) is 16.2. The minimum Gasteiger partial charge on any atom is -0.331 e. The first-order valence-electron chi connectivity index (χ1n) is 7.59. The van der Waals surface area contributed by atoms with Crippen LogP contribution in [0, 0.1) is 13.8 Å². The molecule has 1 atom stereocenters. The van der Waals surface area contributed by atoms with Gasteiger partial charge < -0.3 is 9.80 Å². The Balaban J connectivity index is 2.22.